The van der Waals surface area contributed by atoms with E-state index < -0.39 is 0 Å². The standard InChI is InChI=1S/C24H26N4O4/c1-26-14-17(19-8-5-6-9-20(19)26)15-28(23(29)16-27-11-7-10-25-27)18-12-21(30-2)24(32-4)22(13-18)31-3/h5-14H,15-16H2,1-4H3. The minimum atomic E-state index is -0.115. The first-order chi connectivity index (χ1) is 15.5. The molecule has 8 nitrogen and oxygen atoms in total. The number of hydrogen-bond donors (Lipinski definition) is 0. The fourth-order valence-electron chi connectivity index (χ4n) is 3.89. The van der Waals surface area contributed by atoms with Crippen LogP contribution in [0, 0.1) is 0 Å². The van der Waals surface area contributed by atoms with Crippen molar-refractivity contribution in [1.82, 2.24) is 14.3 Å². The van der Waals surface area contributed by atoms with Gasteiger partial charge in [0.25, 0.3) is 0 Å². The summed E-state index contributed by atoms with van der Waals surface area (Å²) in [5.74, 6) is 1.33. The molecule has 0 saturated heterocycles. The SMILES string of the molecule is COc1cc(N(Cc2cn(C)c3ccccc23)C(=O)Cn2cccn2)cc(OC)c1OC. The van der Waals surface area contributed by atoms with Crippen molar-refractivity contribution in [3.05, 3.63) is 66.6 Å². The van der Waals surface area contributed by atoms with Crippen LogP contribution >= 0.6 is 0 Å². The summed E-state index contributed by atoms with van der Waals surface area (Å²) in [6.07, 6.45) is 5.47. The average molecular weight is 434 g/mol. The fourth-order valence-corrected chi connectivity index (χ4v) is 3.89. The highest BCUT2D eigenvalue weighted by Crippen LogP contribution is 2.41. The highest BCUT2D eigenvalue weighted by molar-refractivity contribution is 5.95. The number of hydrogen-bond acceptors (Lipinski definition) is 5. The van der Waals surface area contributed by atoms with Crippen LogP contribution in [0.3, 0.4) is 0 Å². The van der Waals surface area contributed by atoms with E-state index in [1.54, 1.807) is 61.5 Å². The van der Waals surface area contributed by atoms with Crippen molar-refractivity contribution in [1.29, 1.82) is 0 Å². The van der Waals surface area contributed by atoms with E-state index >= 15 is 0 Å². The van der Waals surface area contributed by atoms with Crippen LogP contribution in [0.1, 0.15) is 5.56 Å². The Kier molecular flexibility index (Phi) is 6.02. The maximum absolute atomic E-state index is 13.5. The molecular weight excluding hydrogens is 408 g/mol. The van der Waals surface area contributed by atoms with E-state index in [1.807, 2.05) is 19.2 Å². The number of carbonyl (C=O) groups is 1. The molecule has 0 N–H and O–H groups in total. The van der Waals surface area contributed by atoms with Gasteiger partial charge in [-0.15, -0.1) is 0 Å². The summed E-state index contributed by atoms with van der Waals surface area (Å²) in [6.45, 7) is 0.481. The number of ether oxygens (including phenoxy) is 3. The van der Waals surface area contributed by atoms with Crippen molar-refractivity contribution < 1.29 is 19.0 Å². The van der Waals surface area contributed by atoms with Gasteiger partial charge in [-0.3, -0.25) is 9.48 Å². The van der Waals surface area contributed by atoms with E-state index in [-0.39, 0.29) is 12.5 Å². The van der Waals surface area contributed by atoms with Crippen molar-refractivity contribution in [3.8, 4) is 17.2 Å². The van der Waals surface area contributed by atoms with Crippen LogP contribution in [0.2, 0.25) is 0 Å². The number of benzene rings is 2. The molecule has 2 aromatic carbocycles. The predicted molar refractivity (Wildman–Crippen MR) is 122 cm³/mol. The van der Waals surface area contributed by atoms with Crippen molar-refractivity contribution in [3.63, 3.8) is 0 Å². The number of aromatic nitrogens is 3. The normalized spacial score (nSPS) is 10.9. The van der Waals surface area contributed by atoms with Crippen LogP contribution in [0.5, 0.6) is 17.2 Å². The summed E-state index contributed by atoms with van der Waals surface area (Å²) < 4.78 is 20.2. The van der Waals surface area contributed by atoms with Gasteiger partial charge in [-0.1, -0.05) is 18.2 Å². The summed E-state index contributed by atoms with van der Waals surface area (Å²) in [4.78, 5) is 15.2. The minimum Gasteiger partial charge on any atom is -0.493 e. The molecular formula is C24H26N4O4. The van der Waals surface area contributed by atoms with E-state index in [4.69, 9.17) is 14.2 Å². The van der Waals surface area contributed by atoms with Gasteiger partial charge in [0.2, 0.25) is 11.7 Å². The van der Waals surface area contributed by atoms with Crippen LogP contribution in [0.25, 0.3) is 10.9 Å². The largest absolute Gasteiger partial charge is 0.493 e. The van der Waals surface area contributed by atoms with E-state index in [9.17, 15) is 4.79 Å². The van der Waals surface area contributed by atoms with Gasteiger partial charge in [0, 0.05) is 48.7 Å². The molecule has 0 radical (unpaired) electrons. The highest BCUT2D eigenvalue weighted by Gasteiger charge is 2.23. The minimum absolute atomic E-state index is 0.106. The lowest BCUT2D eigenvalue weighted by molar-refractivity contribution is -0.119. The molecule has 8 heteroatoms. The summed E-state index contributed by atoms with van der Waals surface area (Å²) in [7, 11) is 6.67. The second kappa shape index (κ2) is 9.05. The first kappa shape index (κ1) is 21.3. The van der Waals surface area contributed by atoms with Gasteiger partial charge in [0.05, 0.1) is 33.6 Å². The van der Waals surface area contributed by atoms with Gasteiger partial charge in [-0.05, 0) is 17.7 Å². The van der Waals surface area contributed by atoms with Gasteiger partial charge in [0.15, 0.2) is 11.5 Å². The molecule has 2 aromatic heterocycles. The van der Waals surface area contributed by atoms with E-state index in [2.05, 4.69) is 28.0 Å². The third-order valence-electron chi connectivity index (χ3n) is 5.43. The number of anilines is 1. The molecule has 0 spiro atoms. The maximum atomic E-state index is 13.5. The lowest BCUT2D eigenvalue weighted by Gasteiger charge is -2.25. The zero-order valence-electron chi connectivity index (χ0n) is 18.6. The van der Waals surface area contributed by atoms with Gasteiger partial charge < -0.3 is 23.7 Å². The third kappa shape index (κ3) is 3.99. The third-order valence-corrected chi connectivity index (χ3v) is 5.43. The first-order valence-corrected chi connectivity index (χ1v) is 10.2. The molecule has 0 bridgehead atoms. The van der Waals surface area contributed by atoms with E-state index in [1.165, 1.54) is 0 Å². The second-order valence-electron chi connectivity index (χ2n) is 7.35. The molecule has 2 heterocycles. The lowest BCUT2D eigenvalue weighted by Crippen LogP contribution is -2.33. The summed E-state index contributed by atoms with van der Waals surface area (Å²) in [5, 5.41) is 5.28. The highest BCUT2D eigenvalue weighted by atomic mass is 16.5. The molecule has 0 aliphatic rings. The van der Waals surface area contributed by atoms with Gasteiger partial charge in [0.1, 0.15) is 6.54 Å². The summed E-state index contributed by atoms with van der Waals surface area (Å²) in [5.41, 5.74) is 2.78. The average Bonchev–Trinajstić information content (AvgIpc) is 3.44. The number of aryl methyl sites for hydroxylation is 1. The topological polar surface area (TPSA) is 70.8 Å². The Labute approximate surface area is 186 Å². The molecule has 1 amide bonds. The number of amides is 1. The first-order valence-electron chi connectivity index (χ1n) is 10.2. The van der Waals surface area contributed by atoms with Crippen LogP contribution in [0.15, 0.2) is 61.1 Å². The van der Waals surface area contributed by atoms with Crippen molar-refractivity contribution in [2.45, 2.75) is 13.1 Å². The Hall–Kier alpha value is -3.94. The molecule has 166 valence electrons. The molecule has 32 heavy (non-hydrogen) atoms. The smallest absolute Gasteiger partial charge is 0.249 e. The van der Waals surface area contributed by atoms with Gasteiger partial charge in [-0.2, -0.15) is 5.10 Å². The number of para-hydroxylation sites is 1. The molecule has 0 aliphatic heterocycles. The number of carbonyl (C=O) groups excluding carboxylic acids is 1. The van der Waals surface area contributed by atoms with E-state index in [0.717, 1.165) is 16.5 Å². The Morgan fingerprint density at radius 3 is 2.38 bits per heavy atom. The zero-order valence-corrected chi connectivity index (χ0v) is 18.6. The lowest BCUT2D eigenvalue weighted by atomic mass is 10.1. The zero-order chi connectivity index (χ0) is 22.7. The van der Waals surface area contributed by atoms with E-state index in [0.29, 0.717) is 29.5 Å². The number of fused-ring (bicyclic) bond motifs is 1. The molecule has 0 saturated carbocycles. The van der Waals surface area contributed by atoms with Crippen LogP contribution in [-0.4, -0.2) is 41.6 Å². The summed E-state index contributed by atoms with van der Waals surface area (Å²) in [6, 6.07) is 13.5. The van der Waals surface area contributed by atoms with Crippen molar-refractivity contribution in [2.75, 3.05) is 26.2 Å². The fraction of sp³-hybridized carbons (Fsp3) is 0.250. The van der Waals surface area contributed by atoms with Crippen LogP contribution in [0.4, 0.5) is 5.69 Å². The number of methoxy groups -OCH3 is 3. The Balaban J connectivity index is 1.80. The maximum Gasteiger partial charge on any atom is 0.249 e. The van der Waals surface area contributed by atoms with Gasteiger partial charge >= 0.3 is 0 Å². The predicted octanol–water partition coefficient (Wildman–Crippen LogP) is 3.63. The Morgan fingerprint density at radius 2 is 1.75 bits per heavy atom. The molecule has 4 rings (SSSR count). The van der Waals surface area contributed by atoms with Crippen LogP contribution < -0.4 is 19.1 Å². The second-order valence-corrected chi connectivity index (χ2v) is 7.35. The number of rotatable bonds is 8. The number of nitrogens with zero attached hydrogens (tertiary/aromatic N) is 4. The molecule has 0 aliphatic carbocycles. The monoisotopic (exact) mass is 434 g/mol. The molecule has 4 aromatic rings. The Bertz CT molecular complexity index is 1210. The quantitative estimate of drug-likeness (QED) is 0.424. The Morgan fingerprint density at radius 1 is 1.03 bits per heavy atom. The van der Waals surface area contributed by atoms with Crippen molar-refractivity contribution >= 4 is 22.5 Å². The van der Waals surface area contributed by atoms with Crippen LogP contribution in [-0.2, 0) is 24.9 Å². The molecule has 0 fully saturated rings. The summed E-state index contributed by atoms with van der Waals surface area (Å²) >= 11 is 0. The van der Waals surface area contributed by atoms with Gasteiger partial charge in [-0.25, -0.2) is 0 Å². The van der Waals surface area contributed by atoms with Crippen molar-refractivity contribution in [2.24, 2.45) is 7.05 Å². The molecule has 0 unspecified atom stereocenters. The molecule has 0 atom stereocenters.